The first-order valence-corrected chi connectivity index (χ1v) is 13.2. The van der Waals surface area contributed by atoms with Crippen LogP contribution in [0, 0.1) is 18.6 Å². The minimum Gasteiger partial charge on any atom is -0.391 e. The number of benzene rings is 2. The summed E-state index contributed by atoms with van der Waals surface area (Å²) in [5.41, 5.74) is 2.71. The number of rotatable bonds is 13. The van der Waals surface area contributed by atoms with Gasteiger partial charge in [-0.1, -0.05) is 13.8 Å². The summed E-state index contributed by atoms with van der Waals surface area (Å²) in [5, 5.41) is 13.9. The third-order valence-corrected chi connectivity index (χ3v) is 6.39. The van der Waals surface area contributed by atoms with E-state index in [0.717, 1.165) is 30.2 Å². The SMILES string of the molecule is CCCN(CCC)C(=O)c1cc(C)cc(C(=O)NC(Cc2cc(F)cc(F)c2)C(O)CCc2ccc[nH]2)c1. The molecule has 2 atom stereocenters. The topological polar surface area (TPSA) is 85.4 Å². The molecule has 0 spiro atoms. The third kappa shape index (κ3) is 8.25. The molecule has 1 heterocycles. The normalized spacial score (nSPS) is 12.7. The molecule has 1 aromatic heterocycles. The lowest BCUT2D eigenvalue weighted by Crippen LogP contribution is -2.45. The van der Waals surface area contributed by atoms with Crippen LogP contribution in [0.5, 0.6) is 0 Å². The molecule has 38 heavy (non-hydrogen) atoms. The van der Waals surface area contributed by atoms with Crippen molar-refractivity contribution in [3.63, 3.8) is 0 Å². The molecular formula is C30H37F2N3O3. The summed E-state index contributed by atoms with van der Waals surface area (Å²) in [6.07, 6.45) is 3.35. The van der Waals surface area contributed by atoms with Crippen LogP contribution >= 0.6 is 0 Å². The van der Waals surface area contributed by atoms with Crippen LogP contribution in [0.2, 0.25) is 0 Å². The Balaban J connectivity index is 1.83. The van der Waals surface area contributed by atoms with Crippen LogP contribution in [0.1, 0.15) is 70.6 Å². The molecule has 0 saturated carbocycles. The summed E-state index contributed by atoms with van der Waals surface area (Å²) in [6.45, 7) is 7.09. The molecule has 2 unspecified atom stereocenters. The van der Waals surface area contributed by atoms with Crippen molar-refractivity contribution >= 4 is 11.8 Å². The van der Waals surface area contributed by atoms with Gasteiger partial charge in [-0.3, -0.25) is 9.59 Å². The fourth-order valence-electron chi connectivity index (χ4n) is 4.62. The fourth-order valence-corrected chi connectivity index (χ4v) is 4.62. The van der Waals surface area contributed by atoms with Gasteiger partial charge in [0.2, 0.25) is 0 Å². The average molecular weight is 526 g/mol. The Kier molecular flexibility index (Phi) is 10.6. The summed E-state index contributed by atoms with van der Waals surface area (Å²) in [5.74, 6) is -2.06. The van der Waals surface area contributed by atoms with Crippen molar-refractivity contribution in [3.8, 4) is 0 Å². The lowest BCUT2D eigenvalue weighted by atomic mass is 9.96. The van der Waals surface area contributed by atoms with Gasteiger partial charge in [-0.15, -0.1) is 0 Å². The zero-order chi connectivity index (χ0) is 27.7. The molecule has 0 radical (unpaired) electrons. The Morgan fingerprint density at radius 3 is 2.26 bits per heavy atom. The monoisotopic (exact) mass is 525 g/mol. The van der Waals surface area contributed by atoms with Crippen molar-refractivity contribution in [2.24, 2.45) is 0 Å². The summed E-state index contributed by atoms with van der Waals surface area (Å²) < 4.78 is 27.7. The van der Waals surface area contributed by atoms with E-state index in [1.54, 1.807) is 29.3 Å². The first-order chi connectivity index (χ1) is 18.2. The number of carbonyl (C=O) groups is 2. The summed E-state index contributed by atoms with van der Waals surface area (Å²) in [7, 11) is 0. The lowest BCUT2D eigenvalue weighted by Gasteiger charge is -2.25. The highest BCUT2D eigenvalue weighted by Crippen LogP contribution is 2.17. The number of hydrogen-bond donors (Lipinski definition) is 3. The minimum absolute atomic E-state index is 0.0324. The number of halogens is 2. The van der Waals surface area contributed by atoms with Gasteiger partial charge in [0.05, 0.1) is 12.1 Å². The highest BCUT2D eigenvalue weighted by Gasteiger charge is 2.24. The van der Waals surface area contributed by atoms with E-state index in [1.807, 2.05) is 32.9 Å². The third-order valence-electron chi connectivity index (χ3n) is 6.39. The van der Waals surface area contributed by atoms with Gasteiger partial charge >= 0.3 is 0 Å². The van der Waals surface area contributed by atoms with Crippen LogP contribution in [0.15, 0.2) is 54.7 Å². The molecule has 0 bridgehead atoms. The van der Waals surface area contributed by atoms with E-state index >= 15 is 0 Å². The van der Waals surface area contributed by atoms with E-state index in [4.69, 9.17) is 0 Å². The van der Waals surface area contributed by atoms with Crippen molar-refractivity contribution in [2.45, 2.75) is 65.0 Å². The van der Waals surface area contributed by atoms with E-state index in [2.05, 4.69) is 10.3 Å². The van der Waals surface area contributed by atoms with Crippen molar-refractivity contribution < 1.29 is 23.5 Å². The summed E-state index contributed by atoms with van der Waals surface area (Å²) >= 11 is 0. The van der Waals surface area contributed by atoms with Gasteiger partial charge in [-0.05, 0) is 92.6 Å². The molecule has 3 rings (SSSR count). The smallest absolute Gasteiger partial charge is 0.253 e. The van der Waals surface area contributed by atoms with Gasteiger partial charge in [0.15, 0.2) is 0 Å². The highest BCUT2D eigenvalue weighted by molar-refractivity contribution is 6.00. The Hall–Kier alpha value is -3.52. The number of aliphatic hydroxyl groups excluding tert-OH is 1. The fraction of sp³-hybridized carbons (Fsp3) is 0.400. The van der Waals surface area contributed by atoms with E-state index in [0.29, 0.717) is 37.1 Å². The number of hydrogen-bond acceptors (Lipinski definition) is 3. The molecule has 2 aromatic carbocycles. The number of amides is 2. The Bertz CT molecular complexity index is 1190. The van der Waals surface area contributed by atoms with Gasteiger partial charge in [0.1, 0.15) is 11.6 Å². The Labute approximate surface area is 223 Å². The van der Waals surface area contributed by atoms with Crippen molar-refractivity contribution in [3.05, 3.63) is 94.3 Å². The second-order valence-corrected chi connectivity index (χ2v) is 9.74. The molecule has 0 aliphatic carbocycles. The van der Waals surface area contributed by atoms with Crippen LogP contribution in [0.4, 0.5) is 8.78 Å². The molecule has 0 saturated heterocycles. The van der Waals surface area contributed by atoms with Gasteiger partial charge in [0, 0.05) is 42.2 Å². The number of aromatic nitrogens is 1. The largest absolute Gasteiger partial charge is 0.391 e. The second-order valence-electron chi connectivity index (χ2n) is 9.74. The molecule has 3 aromatic rings. The maximum absolute atomic E-state index is 13.9. The molecule has 204 valence electrons. The predicted molar refractivity (Wildman–Crippen MR) is 144 cm³/mol. The van der Waals surface area contributed by atoms with Crippen molar-refractivity contribution in [2.75, 3.05) is 13.1 Å². The number of aliphatic hydroxyl groups is 1. The van der Waals surface area contributed by atoms with E-state index in [-0.39, 0.29) is 17.9 Å². The molecule has 0 aliphatic rings. The Morgan fingerprint density at radius 2 is 1.66 bits per heavy atom. The lowest BCUT2D eigenvalue weighted by molar-refractivity contribution is 0.0755. The summed E-state index contributed by atoms with van der Waals surface area (Å²) in [6, 6.07) is 11.1. The van der Waals surface area contributed by atoms with E-state index in [1.165, 1.54) is 12.1 Å². The molecule has 2 amide bonds. The van der Waals surface area contributed by atoms with Crippen molar-refractivity contribution in [1.82, 2.24) is 15.2 Å². The molecule has 8 heteroatoms. The molecule has 6 nitrogen and oxygen atoms in total. The number of aryl methyl sites for hydroxylation is 2. The molecule has 3 N–H and O–H groups in total. The zero-order valence-corrected chi connectivity index (χ0v) is 22.3. The molecule has 0 fully saturated rings. The standard InChI is InChI=1S/C30H37F2N3O3/c1-4-11-35(12-5-2)30(38)23-14-20(3)13-22(18-23)29(37)34-27(17-21-15-24(31)19-25(32)16-21)28(36)9-8-26-7-6-10-33-26/h6-7,10,13-16,18-19,27-28,33,36H,4-5,8-9,11-12,17H2,1-3H3,(H,34,37). The number of nitrogens with one attached hydrogen (secondary N) is 2. The maximum Gasteiger partial charge on any atom is 0.253 e. The first kappa shape index (κ1) is 29.0. The summed E-state index contributed by atoms with van der Waals surface area (Å²) in [4.78, 5) is 31.4. The van der Waals surface area contributed by atoms with Crippen molar-refractivity contribution in [1.29, 1.82) is 0 Å². The van der Waals surface area contributed by atoms with Gasteiger partial charge < -0.3 is 20.3 Å². The van der Waals surface area contributed by atoms with Crippen LogP contribution in [0.3, 0.4) is 0 Å². The van der Waals surface area contributed by atoms with Crippen LogP contribution < -0.4 is 5.32 Å². The quantitative estimate of drug-likeness (QED) is 0.287. The number of aromatic amines is 1. The van der Waals surface area contributed by atoms with Crippen LogP contribution in [-0.2, 0) is 12.8 Å². The minimum atomic E-state index is -0.982. The number of nitrogens with zero attached hydrogens (tertiary/aromatic N) is 1. The van der Waals surface area contributed by atoms with Gasteiger partial charge in [-0.25, -0.2) is 8.78 Å². The molecular weight excluding hydrogens is 488 g/mol. The zero-order valence-electron chi connectivity index (χ0n) is 22.3. The highest BCUT2D eigenvalue weighted by atomic mass is 19.1. The van der Waals surface area contributed by atoms with Crippen LogP contribution in [0.25, 0.3) is 0 Å². The molecule has 0 aliphatic heterocycles. The predicted octanol–water partition coefficient (Wildman–Crippen LogP) is 5.20. The average Bonchev–Trinajstić information content (AvgIpc) is 3.39. The first-order valence-electron chi connectivity index (χ1n) is 13.2. The number of carbonyl (C=O) groups excluding carboxylic acids is 2. The maximum atomic E-state index is 13.9. The van der Waals surface area contributed by atoms with E-state index in [9.17, 15) is 23.5 Å². The second kappa shape index (κ2) is 13.9. The van der Waals surface area contributed by atoms with E-state index < -0.39 is 29.7 Å². The number of H-pyrrole nitrogens is 1. The van der Waals surface area contributed by atoms with Crippen LogP contribution in [-0.4, -0.2) is 52.0 Å². The van der Waals surface area contributed by atoms with Gasteiger partial charge in [-0.2, -0.15) is 0 Å². The Morgan fingerprint density at radius 1 is 1.00 bits per heavy atom. The van der Waals surface area contributed by atoms with Gasteiger partial charge in [0.25, 0.3) is 11.8 Å².